The molecule has 1 aliphatic carbocycles. The van der Waals surface area contributed by atoms with Crippen LogP contribution in [0.2, 0.25) is 0 Å². The molecule has 142 valence electrons. The van der Waals surface area contributed by atoms with Crippen LogP contribution in [0.5, 0.6) is 0 Å². The molecule has 0 heterocycles. The van der Waals surface area contributed by atoms with Crippen molar-refractivity contribution in [3.8, 4) is 0 Å². The highest BCUT2D eigenvalue weighted by molar-refractivity contribution is 5.96. The van der Waals surface area contributed by atoms with Crippen molar-refractivity contribution in [2.24, 2.45) is 0 Å². The second-order valence-electron chi connectivity index (χ2n) is 6.84. The second kappa shape index (κ2) is 7.86. The molecular formula is C21H21F2NO3. The first-order valence-corrected chi connectivity index (χ1v) is 8.94. The van der Waals surface area contributed by atoms with Crippen molar-refractivity contribution >= 4 is 17.6 Å². The first kappa shape index (κ1) is 19.0. The zero-order valence-electron chi connectivity index (χ0n) is 15.0. The van der Waals surface area contributed by atoms with Gasteiger partial charge >= 0.3 is 5.97 Å². The van der Waals surface area contributed by atoms with E-state index in [0.717, 1.165) is 12.8 Å². The molecule has 27 heavy (non-hydrogen) atoms. The molecule has 1 aliphatic rings. The number of benzene rings is 2. The largest absolute Gasteiger partial charge is 0.452 e. The average Bonchev–Trinajstić information content (AvgIpc) is 3.13. The fraction of sp³-hybridized carbons (Fsp3) is 0.333. The zero-order valence-corrected chi connectivity index (χ0v) is 15.0. The zero-order chi connectivity index (χ0) is 19.4. The topological polar surface area (TPSA) is 55.4 Å². The van der Waals surface area contributed by atoms with Gasteiger partial charge in [0.2, 0.25) is 0 Å². The third-order valence-corrected chi connectivity index (χ3v) is 4.99. The molecule has 1 N–H and O–H groups in total. The number of rotatable bonds is 5. The Kier molecular flexibility index (Phi) is 5.54. The number of carbonyl (C=O) groups is 2. The quantitative estimate of drug-likeness (QED) is 0.793. The maximum Gasteiger partial charge on any atom is 0.317 e. The molecule has 1 fully saturated rings. The Balaban J connectivity index is 1.71. The second-order valence-corrected chi connectivity index (χ2v) is 6.84. The summed E-state index contributed by atoms with van der Waals surface area (Å²) in [6.45, 7) is 1.47. The van der Waals surface area contributed by atoms with Crippen LogP contribution in [-0.2, 0) is 19.7 Å². The molecule has 0 radical (unpaired) electrons. The van der Waals surface area contributed by atoms with Crippen LogP contribution in [0.25, 0.3) is 0 Å². The standard InChI is InChI=1S/C21H21F2NO3/c1-14(19(25)24-18-6-4-5-17(23)13-18)27-20(26)21(11-2-3-12-21)15-7-9-16(22)10-8-15/h4-10,13-14H,2-3,11-12H2,1H3,(H,24,25)/t14-/m1/s1. The molecule has 0 unspecified atom stereocenters. The van der Waals surface area contributed by atoms with Crippen LogP contribution < -0.4 is 5.32 Å². The number of carbonyl (C=O) groups excluding carboxylic acids is 2. The van der Waals surface area contributed by atoms with Gasteiger partial charge in [-0.1, -0.05) is 31.0 Å². The summed E-state index contributed by atoms with van der Waals surface area (Å²) in [6.07, 6.45) is 1.86. The minimum absolute atomic E-state index is 0.289. The third-order valence-electron chi connectivity index (χ3n) is 4.99. The van der Waals surface area contributed by atoms with E-state index in [1.807, 2.05) is 0 Å². The summed E-state index contributed by atoms with van der Waals surface area (Å²) in [4.78, 5) is 25.2. The maximum absolute atomic E-state index is 13.3. The fourth-order valence-corrected chi connectivity index (χ4v) is 3.50. The van der Waals surface area contributed by atoms with E-state index in [1.165, 1.54) is 37.3 Å². The lowest BCUT2D eigenvalue weighted by atomic mass is 9.79. The molecule has 0 bridgehead atoms. The van der Waals surface area contributed by atoms with Crippen LogP contribution in [0.3, 0.4) is 0 Å². The average molecular weight is 373 g/mol. The number of halogens is 2. The summed E-state index contributed by atoms with van der Waals surface area (Å²) in [5.74, 6) is -1.88. The summed E-state index contributed by atoms with van der Waals surface area (Å²) in [5, 5.41) is 2.53. The molecule has 0 spiro atoms. The normalized spacial score (nSPS) is 16.6. The Labute approximate surface area is 156 Å². The molecule has 3 rings (SSSR count). The Morgan fingerprint density at radius 3 is 2.33 bits per heavy atom. The Hall–Kier alpha value is -2.76. The van der Waals surface area contributed by atoms with Crippen molar-refractivity contribution in [3.63, 3.8) is 0 Å². The van der Waals surface area contributed by atoms with Crippen LogP contribution in [0.4, 0.5) is 14.5 Å². The molecule has 1 atom stereocenters. The molecule has 0 aliphatic heterocycles. The molecule has 0 aromatic heterocycles. The lowest BCUT2D eigenvalue weighted by molar-refractivity contribution is -0.159. The molecular weight excluding hydrogens is 352 g/mol. The highest BCUT2D eigenvalue weighted by Crippen LogP contribution is 2.42. The first-order valence-electron chi connectivity index (χ1n) is 8.94. The van der Waals surface area contributed by atoms with Gasteiger partial charge in [0.25, 0.3) is 5.91 Å². The van der Waals surface area contributed by atoms with E-state index in [-0.39, 0.29) is 11.5 Å². The molecule has 2 aromatic rings. The molecule has 1 amide bonds. The van der Waals surface area contributed by atoms with Gasteiger partial charge in [-0.3, -0.25) is 9.59 Å². The van der Waals surface area contributed by atoms with Gasteiger partial charge in [0.1, 0.15) is 11.6 Å². The summed E-state index contributed by atoms with van der Waals surface area (Å²) in [6, 6.07) is 11.3. The number of hydrogen-bond acceptors (Lipinski definition) is 3. The number of anilines is 1. The SMILES string of the molecule is C[C@@H](OC(=O)C1(c2ccc(F)cc2)CCCC1)C(=O)Nc1cccc(F)c1. The van der Waals surface area contributed by atoms with Gasteiger partial charge in [-0.25, -0.2) is 8.78 Å². The van der Waals surface area contributed by atoms with E-state index >= 15 is 0 Å². The number of hydrogen-bond donors (Lipinski definition) is 1. The van der Waals surface area contributed by atoms with Gasteiger partial charge in [-0.2, -0.15) is 0 Å². The lowest BCUT2D eigenvalue weighted by Gasteiger charge is -2.28. The van der Waals surface area contributed by atoms with Gasteiger partial charge in [0.15, 0.2) is 6.10 Å². The van der Waals surface area contributed by atoms with E-state index in [4.69, 9.17) is 4.74 Å². The molecule has 4 nitrogen and oxygen atoms in total. The van der Waals surface area contributed by atoms with Crippen LogP contribution >= 0.6 is 0 Å². The predicted octanol–water partition coefficient (Wildman–Crippen LogP) is 4.35. The summed E-state index contributed by atoms with van der Waals surface area (Å²) < 4.78 is 31.9. The predicted molar refractivity (Wildman–Crippen MR) is 97.1 cm³/mol. The van der Waals surface area contributed by atoms with Crippen molar-refractivity contribution in [2.75, 3.05) is 5.32 Å². The van der Waals surface area contributed by atoms with E-state index in [2.05, 4.69) is 5.32 Å². The molecule has 6 heteroatoms. The minimum Gasteiger partial charge on any atom is -0.452 e. The Morgan fingerprint density at radius 2 is 1.70 bits per heavy atom. The molecule has 1 saturated carbocycles. The van der Waals surface area contributed by atoms with Crippen LogP contribution in [0.15, 0.2) is 48.5 Å². The summed E-state index contributed by atoms with van der Waals surface area (Å²) in [5.41, 5.74) is 0.127. The van der Waals surface area contributed by atoms with Gasteiger partial charge in [0.05, 0.1) is 5.41 Å². The third kappa shape index (κ3) is 4.15. The maximum atomic E-state index is 13.3. The monoisotopic (exact) mass is 373 g/mol. The van der Waals surface area contributed by atoms with Gasteiger partial charge in [-0.05, 0) is 55.7 Å². The summed E-state index contributed by atoms with van der Waals surface area (Å²) in [7, 11) is 0. The smallest absolute Gasteiger partial charge is 0.317 e. The highest BCUT2D eigenvalue weighted by Gasteiger charge is 2.45. The van der Waals surface area contributed by atoms with Crippen LogP contribution in [0, 0.1) is 11.6 Å². The van der Waals surface area contributed by atoms with Crippen molar-refractivity contribution in [1.29, 1.82) is 0 Å². The number of esters is 1. The van der Waals surface area contributed by atoms with Crippen molar-refractivity contribution in [3.05, 3.63) is 65.7 Å². The van der Waals surface area contributed by atoms with Crippen LogP contribution in [-0.4, -0.2) is 18.0 Å². The van der Waals surface area contributed by atoms with Gasteiger partial charge in [-0.15, -0.1) is 0 Å². The number of ether oxygens (including phenoxy) is 1. The minimum atomic E-state index is -1.04. The van der Waals surface area contributed by atoms with E-state index in [9.17, 15) is 18.4 Å². The van der Waals surface area contributed by atoms with Gasteiger partial charge in [0, 0.05) is 5.69 Å². The molecule has 0 saturated heterocycles. The van der Waals surface area contributed by atoms with Crippen molar-refractivity contribution in [1.82, 2.24) is 0 Å². The van der Waals surface area contributed by atoms with E-state index < -0.39 is 29.2 Å². The Bertz CT molecular complexity index is 830. The van der Waals surface area contributed by atoms with Crippen LogP contribution in [0.1, 0.15) is 38.2 Å². The van der Waals surface area contributed by atoms with Crippen molar-refractivity contribution in [2.45, 2.75) is 44.1 Å². The van der Waals surface area contributed by atoms with E-state index in [1.54, 1.807) is 18.2 Å². The van der Waals surface area contributed by atoms with Crippen molar-refractivity contribution < 1.29 is 23.1 Å². The summed E-state index contributed by atoms with van der Waals surface area (Å²) >= 11 is 0. The molecule has 2 aromatic carbocycles. The Morgan fingerprint density at radius 1 is 1.04 bits per heavy atom. The fourth-order valence-electron chi connectivity index (χ4n) is 3.50. The number of amides is 1. The number of nitrogens with one attached hydrogen (secondary N) is 1. The first-order chi connectivity index (χ1) is 12.9. The van der Waals surface area contributed by atoms with E-state index in [0.29, 0.717) is 18.4 Å². The lowest BCUT2D eigenvalue weighted by Crippen LogP contribution is -2.39. The van der Waals surface area contributed by atoms with Gasteiger partial charge < -0.3 is 10.1 Å². The highest BCUT2D eigenvalue weighted by atomic mass is 19.1.